The van der Waals surface area contributed by atoms with E-state index in [9.17, 15) is 24.3 Å². The predicted octanol–water partition coefficient (Wildman–Crippen LogP) is -5.00. The van der Waals surface area contributed by atoms with Crippen LogP contribution in [0.5, 0.6) is 0 Å². The first-order valence-corrected chi connectivity index (χ1v) is 8.42. The third-order valence-electron chi connectivity index (χ3n) is 3.90. The number of thioether (sulfide) groups is 1. The van der Waals surface area contributed by atoms with Crippen molar-refractivity contribution in [3.63, 3.8) is 0 Å². The van der Waals surface area contributed by atoms with Crippen LogP contribution in [0.3, 0.4) is 0 Å². The molecule has 0 aliphatic carbocycles. The monoisotopic (exact) mass is 379 g/mol. The van der Waals surface area contributed by atoms with Gasteiger partial charge < -0.3 is 26.1 Å². The van der Waals surface area contributed by atoms with Crippen molar-refractivity contribution in [1.82, 2.24) is 10.2 Å². The second-order valence-electron chi connectivity index (χ2n) is 5.71. The number of hydrogen-bond acceptors (Lipinski definition) is 7. The molecule has 2 heterocycles. The normalized spacial score (nSPS) is 23.1. The number of aliphatic carboxylic acids is 2. The van der Waals surface area contributed by atoms with Crippen molar-refractivity contribution >= 4 is 35.5 Å². The number of amides is 2. The van der Waals surface area contributed by atoms with Gasteiger partial charge in [0.05, 0.1) is 11.7 Å². The molecular weight excluding hydrogens is 361 g/mol. The van der Waals surface area contributed by atoms with Crippen molar-refractivity contribution in [2.45, 2.75) is 43.6 Å². The van der Waals surface area contributed by atoms with Gasteiger partial charge in [0.1, 0.15) is 17.5 Å². The molecule has 9 nitrogen and oxygen atoms in total. The molecule has 11 heteroatoms. The predicted molar refractivity (Wildman–Crippen MR) is 82.2 cm³/mol. The Morgan fingerprint density at radius 2 is 2.12 bits per heavy atom. The summed E-state index contributed by atoms with van der Waals surface area (Å²) < 4.78 is 0. The average molecular weight is 379 g/mol. The Labute approximate surface area is 170 Å². The van der Waals surface area contributed by atoms with Gasteiger partial charge in [-0.15, -0.1) is 11.8 Å². The molecule has 0 aromatic heterocycles. The van der Waals surface area contributed by atoms with Crippen LogP contribution in [0.15, 0.2) is 11.3 Å². The number of hydrogen-bond donors (Lipinski definition) is 3. The summed E-state index contributed by atoms with van der Waals surface area (Å²) in [6.07, 6.45) is 0.484. The Kier molecular flexibility index (Phi) is 7.94. The molecule has 2 aliphatic heterocycles. The fourth-order valence-corrected chi connectivity index (χ4v) is 3.91. The molecule has 0 spiro atoms. The minimum Gasteiger partial charge on any atom is -0.543 e. The second-order valence-corrected chi connectivity index (χ2v) is 6.81. The maximum atomic E-state index is 12.1. The Bertz CT molecular complexity index is 626. The van der Waals surface area contributed by atoms with E-state index in [1.54, 1.807) is 6.92 Å². The van der Waals surface area contributed by atoms with E-state index in [2.05, 4.69) is 5.32 Å². The van der Waals surface area contributed by atoms with Gasteiger partial charge in [0, 0.05) is 12.2 Å². The third kappa shape index (κ3) is 4.76. The van der Waals surface area contributed by atoms with Crippen LogP contribution in [-0.4, -0.2) is 57.0 Å². The van der Waals surface area contributed by atoms with Crippen LogP contribution in [0.1, 0.15) is 26.2 Å². The molecule has 25 heavy (non-hydrogen) atoms. The quantitative estimate of drug-likeness (QED) is 0.294. The molecule has 0 bridgehead atoms. The van der Waals surface area contributed by atoms with E-state index >= 15 is 0 Å². The molecule has 2 amide bonds. The van der Waals surface area contributed by atoms with Gasteiger partial charge >= 0.3 is 35.5 Å². The van der Waals surface area contributed by atoms with Crippen molar-refractivity contribution in [2.75, 3.05) is 5.75 Å². The molecule has 2 aliphatic rings. The van der Waals surface area contributed by atoms with Crippen LogP contribution in [0, 0.1) is 0 Å². The fourth-order valence-electron chi connectivity index (χ4n) is 2.61. The maximum Gasteiger partial charge on any atom is 1.00 e. The molecule has 1 saturated heterocycles. The van der Waals surface area contributed by atoms with Crippen LogP contribution in [0.2, 0.25) is 0 Å². The van der Waals surface area contributed by atoms with Crippen LogP contribution in [0.4, 0.5) is 0 Å². The summed E-state index contributed by atoms with van der Waals surface area (Å²) in [5, 5.41) is 21.9. The Hall–Kier alpha value is -1.07. The van der Waals surface area contributed by atoms with Crippen molar-refractivity contribution in [2.24, 2.45) is 5.73 Å². The van der Waals surface area contributed by atoms with Gasteiger partial charge in [-0.3, -0.25) is 19.3 Å². The topological polar surface area (TPSA) is 153 Å². The van der Waals surface area contributed by atoms with Gasteiger partial charge in [-0.2, -0.15) is 0 Å². The van der Waals surface area contributed by atoms with Crippen LogP contribution >= 0.6 is 11.8 Å². The molecule has 0 aromatic carbocycles. The molecule has 132 valence electrons. The smallest absolute Gasteiger partial charge is 0.543 e. The Balaban J connectivity index is 0.00000312. The summed E-state index contributed by atoms with van der Waals surface area (Å²) in [6.45, 7) is 1.62. The largest absolute Gasteiger partial charge is 1.00 e. The van der Waals surface area contributed by atoms with E-state index in [0.717, 1.165) is 4.90 Å². The number of carboxylic acids is 2. The second kappa shape index (κ2) is 9.04. The standard InChI is InChI=1S/C14H19N3O6S.Na/c1-6-5-24-12-9(11(19)17(12)10(6)14(22)23)16-8(18)4-2-3-7(15)13(20)21;/h7,9,12H,2-5,15H2,1H3,(H,16,18)(H,20,21)(H,22,23);/q;+1/p-1/t7?,9?,12-;/m1./s1. The fraction of sp³-hybridized carbons (Fsp3) is 0.571. The molecule has 3 atom stereocenters. The number of carboxylic acid groups (broad SMARTS) is 2. The van der Waals surface area contributed by atoms with Crippen LogP contribution < -0.4 is 45.7 Å². The molecule has 0 saturated carbocycles. The number of fused-ring (bicyclic) bond motifs is 1. The number of nitrogens with zero attached hydrogens (tertiary/aromatic N) is 1. The van der Waals surface area contributed by atoms with Gasteiger partial charge in [0.2, 0.25) is 5.91 Å². The van der Waals surface area contributed by atoms with E-state index < -0.39 is 41.2 Å². The van der Waals surface area contributed by atoms with Gasteiger partial charge in [0.15, 0.2) is 0 Å². The molecule has 2 rings (SSSR count). The van der Waals surface area contributed by atoms with Gasteiger partial charge in [-0.05, 0) is 25.3 Å². The summed E-state index contributed by atoms with van der Waals surface area (Å²) >= 11 is 1.37. The molecule has 4 N–H and O–H groups in total. The van der Waals surface area contributed by atoms with Crippen molar-refractivity contribution in [3.05, 3.63) is 11.3 Å². The van der Waals surface area contributed by atoms with Gasteiger partial charge in [0.25, 0.3) is 5.91 Å². The summed E-state index contributed by atoms with van der Waals surface area (Å²) in [5.74, 6) is -2.97. The maximum absolute atomic E-state index is 12.1. The first-order chi connectivity index (χ1) is 11.2. The zero-order valence-electron chi connectivity index (χ0n) is 14.0. The summed E-state index contributed by atoms with van der Waals surface area (Å²) in [7, 11) is 0. The van der Waals surface area contributed by atoms with E-state index in [4.69, 9.17) is 10.8 Å². The zero-order valence-corrected chi connectivity index (χ0v) is 16.8. The Morgan fingerprint density at radius 1 is 1.48 bits per heavy atom. The van der Waals surface area contributed by atoms with E-state index in [1.807, 2.05) is 0 Å². The Morgan fingerprint density at radius 3 is 2.68 bits per heavy atom. The van der Waals surface area contributed by atoms with Gasteiger partial charge in [-0.25, -0.2) is 0 Å². The first kappa shape index (κ1) is 22.0. The number of nitrogens with two attached hydrogens (primary N) is 1. The minimum absolute atomic E-state index is 0. The SMILES string of the molecule is CC1=C(C(=O)[O-])N2C(=O)C(NC(=O)CCCC(N)C(=O)O)[C@H]2SC1.[Na+]. The van der Waals surface area contributed by atoms with Crippen molar-refractivity contribution < 1.29 is 58.9 Å². The zero-order chi connectivity index (χ0) is 18.0. The summed E-state index contributed by atoms with van der Waals surface area (Å²) in [6, 6.07) is -1.80. The molecule has 2 unspecified atom stereocenters. The summed E-state index contributed by atoms with van der Waals surface area (Å²) in [4.78, 5) is 46.9. The van der Waals surface area contributed by atoms with Crippen molar-refractivity contribution in [1.29, 1.82) is 0 Å². The van der Waals surface area contributed by atoms with Crippen LogP contribution in [0.25, 0.3) is 0 Å². The molecule has 1 fully saturated rings. The number of β-lactam (4-membered cyclic amide) rings is 1. The minimum atomic E-state index is -1.40. The van der Waals surface area contributed by atoms with E-state index in [0.29, 0.717) is 11.3 Å². The number of carbonyl (C=O) groups excluding carboxylic acids is 3. The average Bonchev–Trinajstić information content (AvgIpc) is 2.51. The molecular formula is C14H18N3NaO6S. The third-order valence-corrected chi connectivity index (χ3v) is 5.33. The van der Waals surface area contributed by atoms with E-state index in [-0.39, 0.29) is 54.5 Å². The first-order valence-electron chi connectivity index (χ1n) is 7.37. The molecule has 0 aromatic rings. The van der Waals surface area contributed by atoms with Crippen molar-refractivity contribution in [3.8, 4) is 0 Å². The van der Waals surface area contributed by atoms with E-state index in [1.165, 1.54) is 11.8 Å². The van der Waals surface area contributed by atoms with Crippen LogP contribution in [-0.2, 0) is 19.2 Å². The van der Waals surface area contributed by atoms with Gasteiger partial charge in [-0.1, -0.05) is 0 Å². The molecule has 0 radical (unpaired) electrons. The number of rotatable bonds is 7. The number of nitrogens with one attached hydrogen (secondary N) is 1. The summed E-state index contributed by atoms with van der Waals surface area (Å²) in [5.41, 5.74) is 5.77. The number of carbonyl (C=O) groups is 4.